The standard InChI is InChI=1S/C15H16FN3O2/c1-10-3-2-4-14(18-10)19-15(21)17-9-13(20)11-5-7-12(16)8-6-11/h2-8,13,20H,9H2,1H3,(H2,17,18,19,21)/t13-/m0/s1. The molecule has 0 spiro atoms. The SMILES string of the molecule is Cc1cccc(NC(=O)NC[C@H](O)c2ccc(F)cc2)n1. The minimum Gasteiger partial charge on any atom is -0.387 e. The van der Waals surface area contributed by atoms with Gasteiger partial charge in [0.25, 0.3) is 0 Å². The van der Waals surface area contributed by atoms with Crippen LogP contribution in [0.2, 0.25) is 0 Å². The second-order valence-electron chi connectivity index (χ2n) is 4.57. The van der Waals surface area contributed by atoms with E-state index in [1.54, 1.807) is 12.1 Å². The number of urea groups is 1. The third-order valence-corrected chi connectivity index (χ3v) is 2.84. The third-order valence-electron chi connectivity index (χ3n) is 2.84. The minimum absolute atomic E-state index is 0.0171. The zero-order valence-electron chi connectivity index (χ0n) is 11.5. The first-order valence-corrected chi connectivity index (χ1v) is 6.46. The van der Waals surface area contributed by atoms with Gasteiger partial charge in [0.2, 0.25) is 0 Å². The van der Waals surface area contributed by atoms with Gasteiger partial charge in [-0.05, 0) is 36.8 Å². The molecule has 6 heteroatoms. The highest BCUT2D eigenvalue weighted by atomic mass is 19.1. The fourth-order valence-corrected chi connectivity index (χ4v) is 1.77. The summed E-state index contributed by atoms with van der Waals surface area (Å²) in [6.45, 7) is 1.84. The maximum absolute atomic E-state index is 12.8. The summed E-state index contributed by atoms with van der Waals surface area (Å²) in [5, 5.41) is 15.0. The van der Waals surface area contributed by atoms with Crippen LogP contribution >= 0.6 is 0 Å². The van der Waals surface area contributed by atoms with Crippen molar-refractivity contribution in [2.75, 3.05) is 11.9 Å². The lowest BCUT2D eigenvalue weighted by atomic mass is 10.1. The van der Waals surface area contributed by atoms with Crippen molar-refractivity contribution in [3.63, 3.8) is 0 Å². The number of benzene rings is 1. The summed E-state index contributed by atoms with van der Waals surface area (Å²) < 4.78 is 12.8. The van der Waals surface area contributed by atoms with Crippen LogP contribution in [0.4, 0.5) is 15.0 Å². The summed E-state index contributed by atoms with van der Waals surface area (Å²) in [6, 6.07) is 10.3. The second kappa shape index (κ2) is 6.81. The Kier molecular flexibility index (Phi) is 4.84. The molecule has 0 unspecified atom stereocenters. The number of rotatable bonds is 4. The molecule has 0 aliphatic rings. The number of aliphatic hydroxyl groups is 1. The molecule has 0 aliphatic heterocycles. The van der Waals surface area contributed by atoms with Crippen LogP contribution in [0.1, 0.15) is 17.4 Å². The van der Waals surface area contributed by atoms with Crippen LogP contribution in [0.3, 0.4) is 0 Å². The number of amides is 2. The van der Waals surface area contributed by atoms with Gasteiger partial charge in [0.1, 0.15) is 11.6 Å². The number of aryl methyl sites for hydroxylation is 1. The van der Waals surface area contributed by atoms with Crippen molar-refractivity contribution >= 4 is 11.8 Å². The normalized spacial score (nSPS) is 11.8. The van der Waals surface area contributed by atoms with Crippen LogP contribution in [-0.4, -0.2) is 22.7 Å². The van der Waals surface area contributed by atoms with Gasteiger partial charge in [-0.15, -0.1) is 0 Å². The maximum atomic E-state index is 12.8. The zero-order valence-corrected chi connectivity index (χ0v) is 11.5. The third kappa shape index (κ3) is 4.54. The Balaban J connectivity index is 1.84. The van der Waals surface area contributed by atoms with Gasteiger partial charge in [-0.3, -0.25) is 5.32 Å². The topological polar surface area (TPSA) is 74.2 Å². The van der Waals surface area contributed by atoms with Crippen LogP contribution in [0.5, 0.6) is 0 Å². The van der Waals surface area contributed by atoms with E-state index in [-0.39, 0.29) is 12.4 Å². The largest absolute Gasteiger partial charge is 0.387 e. The van der Waals surface area contributed by atoms with Gasteiger partial charge in [0, 0.05) is 12.2 Å². The first-order chi connectivity index (χ1) is 10.0. The van der Waals surface area contributed by atoms with E-state index < -0.39 is 12.1 Å². The number of nitrogens with one attached hydrogen (secondary N) is 2. The minimum atomic E-state index is -0.901. The van der Waals surface area contributed by atoms with Crippen LogP contribution in [0.25, 0.3) is 0 Å². The molecule has 0 fully saturated rings. The van der Waals surface area contributed by atoms with Crippen molar-refractivity contribution in [2.24, 2.45) is 0 Å². The van der Waals surface area contributed by atoms with Gasteiger partial charge in [0.05, 0.1) is 6.10 Å². The van der Waals surface area contributed by atoms with Crippen molar-refractivity contribution in [1.82, 2.24) is 10.3 Å². The van der Waals surface area contributed by atoms with Gasteiger partial charge in [-0.2, -0.15) is 0 Å². The van der Waals surface area contributed by atoms with Crippen molar-refractivity contribution < 1.29 is 14.3 Å². The lowest BCUT2D eigenvalue weighted by molar-refractivity contribution is 0.175. The molecule has 21 heavy (non-hydrogen) atoms. The second-order valence-corrected chi connectivity index (χ2v) is 4.57. The summed E-state index contributed by atoms with van der Waals surface area (Å²) in [5.41, 5.74) is 1.32. The summed E-state index contributed by atoms with van der Waals surface area (Å²) >= 11 is 0. The molecule has 110 valence electrons. The van der Waals surface area contributed by atoms with E-state index >= 15 is 0 Å². The molecule has 0 saturated heterocycles. The summed E-state index contributed by atoms with van der Waals surface area (Å²) in [5.74, 6) is 0.0611. The fourth-order valence-electron chi connectivity index (χ4n) is 1.77. The van der Waals surface area contributed by atoms with Gasteiger partial charge in [-0.1, -0.05) is 18.2 Å². The number of carbonyl (C=O) groups excluding carboxylic acids is 1. The molecule has 3 N–H and O–H groups in total. The number of hydrogen-bond acceptors (Lipinski definition) is 3. The maximum Gasteiger partial charge on any atom is 0.320 e. The van der Waals surface area contributed by atoms with Gasteiger partial charge in [-0.25, -0.2) is 14.2 Å². The molecular formula is C15H16FN3O2. The Morgan fingerprint density at radius 3 is 2.67 bits per heavy atom. The van der Waals surface area contributed by atoms with E-state index in [1.807, 2.05) is 13.0 Å². The fraction of sp³-hybridized carbons (Fsp3) is 0.200. The van der Waals surface area contributed by atoms with Crippen molar-refractivity contribution in [3.05, 3.63) is 59.5 Å². The Bertz CT molecular complexity index is 617. The number of hydrogen-bond donors (Lipinski definition) is 3. The molecular weight excluding hydrogens is 273 g/mol. The van der Waals surface area contributed by atoms with Crippen molar-refractivity contribution in [1.29, 1.82) is 0 Å². The van der Waals surface area contributed by atoms with Gasteiger partial charge < -0.3 is 10.4 Å². The van der Waals surface area contributed by atoms with E-state index in [1.165, 1.54) is 24.3 Å². The smallest absolute Gasteiger partial charge is 0.320 e. The van der Waals surface area contributed by atoms with Crippen LogP contribution in [0, 0.1) is 12.7 Å². The molecule has 2 aromatic rings. The molecule has 0 aliphatic carbocycles. The highest BCUT2D eigenvalue weighted by molar-refractivity contribution is 5.88. The summed E-state index contributed by atoms with van der Waals surface area (Å²) in [6.07, 6.45) is -0.901. The average molecular weight is 289 g/mol. The zero-order chi connectivity index (χ0) is 15.2. The van der Waals surface area contributed by atoms with E-state index in [4.69, 9.17) is 0 Å². The molecule has 1 aromatic carbocycles. The molecule has 2 rings (SSSR count). The number of pyridine rings is 1. The highest BCUT2D eigenvalue weighted by Crippen LogP contribution is 2.12. The molecule has 0 bridgehead atoms. The Hall–Kier alpha value is -2.47. The predicted molar refractivity (Wildman–Crippen MR) is 77.4 cm³/mol. The van der Waals surface area contributed by atoms with E-state index in [0.29, 0.717) is 11.4 Å². The van der Waals surface area contributed by atoms with E-state index in [2.05, 4.69) is 15.6 Å². The lowest BCUT2D eigenvalue weighted by Crippen LogP contribution is -2.32. The molecule has 0 saturated carbocycles. The molecule has 1 aromatic heterocycles. The Morgan fingerprint density at radius 1 is 1.29 bits per heavy atom. The molecule has 2 amide bonds. The lowest BCUT2D eigenvalue weighted by Gasteiger charge is -2.12. The van der Waals surface area contributed by atoms with Gasteiger partial charge in [0.15, 0.2) is 0 Å². The summed E-state index contributed by atoms with van der Waals surface area (Å²) in [4.78, 5) is 15.8. The first-order valence-electron chi connectivity index (χ1n) is 6.46. The quantitative estimate of drug-likeness (QED) is 0.809. The van der Waals surface area contributed by atoms with Crippen molar-refractivity contribution in [3.8, 4) is 0 Å². The summed E-state index contributed by atoms with van der Waals surface area (Å²) in [7, 11) is 0. The number of nitrogens with zero attached hydrogens (tertiary/aromatic N) is 1. The molecule has 1 heterocycles. The number of halogens is 1. The monoisotopic (exact) mass is 289 g/mol. The van der Waals surface area contributed by atoms with Crippen molar-refractivity contribution in [2.45, 2.75) is 13.0 Å². The molecule has 1 atom stereocenters. The number of carbonyl (C=O) groups is 1. The predicted octanol–water partition coefficient (Wildman–Crippen LogP) is 2.38. The molecule has 0 radical (unpaired) electrons. The first kappa shape index (κ1) is 14.9. The van der Waals surface area contributed by atoms with Crippen LogP contribution in [0.15, 0.2) is 42.5 Å². The molecule has 5 nitrogen and oxygen atoms in total. The van der Waals surface area contributed by atoms with Gasteiger partial charge >= 0.3 is 6.03 Å². The van der Waals surface area contributed by atoms with E-state index in [9.17, 15) is 14.3 Å². The van der Waals surface area contributed by atoms with Crippen LogP contribution < -0.4 is 10.6 Å². The van der Waals surface area contributed by atoms with Crippen LogP contribution in [-0.2, 0) is 0 Å². The number of aromatic nitrogens is 1. The average Bonchev–Trinajstić information content (AvgIpc) is 2.45. The number of aliphatic hydroxyl groups excluding tert-OH is 1. The highest BCUT2D eigenvalue weighted by Gasteiger charge is 2.10. The Morgan fingerprint density at radius 2 is 2.00 bits per heavy atom. The number of anilines is 1. The Labute approximate surface area is 121 Å². The van der Waals surface area contributed by atoms with E-state index in [0.717, 1.165) is 5.69 Å².